The molecule has 124 valence electrons. The molecule has 2 N–H and O–H groups in total. The second-order valence-corrected chi connectivity index (χ2v) is 6.84. The van der Waals surface area contributed by atoms with Gasteiger partial charge in [-0.2, -0.15) is 0 Å². The summed E-state index contributed by atoms with van der Waals surface area (Å²) in [5.74, 6) is -0.953. The van der Waals surface area contributed by atoms with Gasteiger partial charge in [0.25, 0.3) is 0 Å². The molecule has 2 fully saturated rings. The topological polar surface area (TPSA) is 88.2 Å². The monoisotopic (exact) mass is 395 g/mol. The Balaban J connectivity index is 2.13. The second kappa shape index (κ2) is 6.47. The van der Waals surface area contributed by atoms with E-state index < -0.39 is 34.1 Å². The number of nitrogens with one attached hydrogen (secondary N) is 1. The maximum atomic E-state index is 11.7. The Labute approximate surface area is 142 Å². The van der Waals surface area contributed by atoms with Gasteiger partial charge in [0.1, 0.15) is 23.2 Å². The van der Waals surface area contributed by atoms with Gasteiger partial charge in [-0.05, 0) is 32.3 Å². The van der Waals surface area contributed by atoms with Crippen LogP contribution in [-0.2, 0) is 14.3 Å². The van der Waals surface area contributed by atoms with Gasteiger partial charge < -0.3 is 14.6 Å². The SMILES string of the molecule is C/C=C(/C)C1(O)C(Br)C(OC(=O)NC(=O)CCl)CCC12CO2. The molecule has 0 aromatic carbocycles. The third-order valence-electron chi connectivity index (χ3n) is 4.40. The third-order valence-corrected chi connectivity index (χ3v) is 5.90. The van der Waals surface area contributed by atoms with Crippen LogP contribution in [0.4, 0.5) is 4.79 Å². The fourth-order valence-electron chi connectivity index (χ4n) is 2.91. The van der Waals surface area contributed by atoms with E-state index in [4.69, 9.17) is 21.1 Å². The molecule has 4 atom stereocenters. The summed E-state index contributed by atoms with van der Waals surface area (Å²) in [5, 5.41) is 13.2. The van der Waals surface area contributed by atoms with E-state index in [1.807, 2.05) is 25.2 Å². The standard InChI is InChI=1S/C14H19BrClNO5/c1-3-8(2)14(20)11(15)9(4-5-13(14)7-21-13)22-12(19)17-10(18)6-16/h3,9,11,20H,4-7H2,1-2H3,(H,17,18,19)/b8-3-. The molecule has 2 aliphatic rings. The number of carbonyl (C=O) groups is 2. The van der Waals surface area contributed by atoms with Crippen molar-refractivity contribution in [1.29, 1.82) is 0 Å². The third kappa shape index (κ3) is 2.91. The number of hydrogen-bond acceptors (Lipinski definition) is 5. The van der Waals surface area contributed by atoms with Crippen LogP contribution in [0.15, 0.2) is 11.6 Å². The lowest BCUT2D eigenvalue weighted by Crippen LogP contribution is -2.61. The van der Waals surface area contributed by atoms with E-state index in [0.29, 0.717) is 19.4 Å². The van der Waals surface area contributed by atoms with Crippen molar-refractivity contribution in [3.05, 3.63) is 11.6 Å². The summed E-state index contributed by atoms with van der Waals surface area (Å²) in [6.45, 7) is 4.12. The van der Waals surface area contributed by atoms with Gasteiger partial charge in [-0.3, -0.25) is 10.1 Å². The first-order chi connectivity index (χ1) is 10.3. The Hall–Kier alpha value is -0.630. The highest BCUT2D eigenvalue weighted by atomic mass is 79.9. The van der Waals surface area contributed by atoms with Crippen LogP contribution in [-0.4, -0.2) is 51.7 Å². The molecule has 6 nitrogen and oxygen atoms in total. The molecule has 1 spiro atoms. The van der Waals surface area contributed by atoms with Crippen molar-refractivity contribution >= 4 is 39.5 Å². The molecule has 1 saturated carbocycles. The lowest BCUT2D eigenvalue weighted by Gasteiger charge is -2.46. The lowest BCUT2D eigenvalue weighted by molar-refractivity contribution is -0.118. The Kier molecular flexibility index (Phi) is 5.21. The number of ether oxygens (including phenoxy) is 2. The number of alkyl halides is 2. The minimum Gasteiger partial charge on any atom is -0.445 e. The Morgan fingerprint density at radius 1 is 1.59 bits per heavy atom. The van der Waals surface area contributed by atoms with Gasteiger partial charge in [-0.15, -0.1) is 11.6 Å². The van der Waals surface area contributed by atoms with Crippen molar-refractivity contribution in [2.45, 2.75) is 48.8 Å². The summed E-state index contributed by atoms with van der Waals surface area (Å²) in [7, 11) is 0. The highest BCUT2D eigenvalue weighted by Gasteiger charge is 2.68. The number of allylic oxidation sites excluding steroid dienone is 1. The molecule has 0 radical (unpaired) electrons. The zero-order valence-electron chi connectivity index (χ0n) is 12.4. The van der Waals surface area contributed by atoms with Crippen LogP contribution < -0.4 is 5.32 Å². The van der Waals surface area contributed by atoms with E-state index in [-0.39, 0.29) is 5.88 Å². The molecule has 2 rings (SSSR count). The quantitative estimate of drug-likeness (QED) is 0.432. The first-order valence-corrected chi connectivity index (χ1v) is 8.46. The fourth-order valence-corrected chi connectivity index (χ4v) is 4.13. The minimum atomic E-state index is -1.26. The molecule has 1 heterocycles. The van der Waals surface area contributed by atoms with Crippen molar-refractivity contribution in [3.8, 4) is 0 Å². The van der Waals surface area contributed by atoms with Crippen molar-refractivity contribution in [3.63, 3.8) is 0 Å². The minimum absolute atomic E-state index is 0.323. The smallest absolute Gasteiger partial charge is 0.414 e. The first kappa shape index (κ1) is 17.7. The zero-order valence-corrected chi connectivity index (χ0v) is 14.7. The van der Waals surface area contributed by atoms with Gasteiger partial charge in [0.15, 0.2) is 0 Å². The van der Waals surface area contributed by atoms with Gasteiger partial charge in [-0.1, -0.05) is 22.0 Å². The Bertz CT molecular complexity index is 507. The number of carbonyl (C=O) groups excluding carboxylic acids is 2. The van der Waals surface area contributed by atoms with E-state index in [2.05, 4.69) is 15.9 Å². The predicted octanol–water partition coefficient (Wildman–Crippen LogP) is 1.87. The van der Waals surface area contributed by atoms with Crippen molar-refractivity contribution in [1.82, 2.24) is 5.32 Å². The Morgan fingerprint density at radius 2 is 2.23 bits per heavy atom. The first-order valence-electron chi connectivity index (χ1n) is 7.01. The molecule has 8 heteroatoms. The molecule has 0 aromatic rings. The van der Waals surface area contributed by atoms with Crippen LogP contribution in [0.25, 0.3) is 0 Å². The van der Waals surface area contributed by atoms with Gasteiger partial charge in [0.2, 0.25) is 5.91 Å². The van der Waals surface area contributed by atoms with Crippen molar-refractivity contribution < 1.29 is 24.2 Å². The van der Waals surface area contributed by atoms with Crippen LogP contribution in [0.3, 0.4) is 0 Å². The lowest BCUT2D eigenvalue weighted by atomic mass is 9.70. The van der Waals surface area contributed by atoms with Crippen molar-refractivity contribution in [2.24, 2.45) is 0 Å². The number of hydrogen-bond donors (Lipinski definition) is 2. The number of aliphatic hydroxyl groups is 1. The number of rotatable bonds is 3. The molecule has 22 heavy (non-hydrogen) atoms. The average Bonchev–Trinajstić information content (AvgIpc) is 3.28. The molecular formula is C14H19BrClNO5. The van der Waals surface area contributed by atoms with Crippen molar-refractivity contribution in [2.75, 3.05) is 12.5 Å². The average molecular weight is 397 g/mol. The van der Waals surface area contributed by atoms with Crippen LogP contribution in [0, 0.1) is 0 Å². The van der Waals surface area contributed by atoms with E-state index in [0.717, 1.165) is 5.57 Å². The van der Waals surface area contributed by atoms with E-state index in [1.165, 1.54) is 0 Å². The number of halogens is 2. The molecule has 0 bridgehead atoms. The molecule has 1 saturated heterocycles. The summed E-state index contributed by atoms with van der Waals surface area (Å²) in [6.07, 6.45) is 1.46. The Morgan fingerprint density at radius 3 is 2.73 bits per heavy atom. The molecule has 2 amide bonds. The molecular weight excluding hydrogens is 378 g/mol. The van der Waals surface area contributed by atoms with Crippen LogP contribution in [0.1, 0.15) is 26.7 Å². The predicted molar refractivity (Wildman–Crippen MR) is 84.1 cm³/mol. The van der Waals surface area contributed by atoms with Gasteiger partial charge in [0.05, 0.1) is 11.4 Å². The van der Waals surface area contributed by atoms with Gasteiger partial charge >= 0.3 is 6.09 Å². The van der Waals surface area contributed by atoms with E-state index in [1.54, 1.807) is 0 Å². The summed E-state index contributed by atoms with van der Waals surface area (Å²) < 4.78 is 10.8. The molecule has 1 aliphatic heterocycles. The summed E-state index contributed by atoms with van der Waals surface area (Å²) >= 11 is 8.79. The highest BCUT2D eigenvalue weighted by molar-refractivity contribution is 9.09. The van der Waals surface area contributed by atoms with E-state index in [9.17, 15) is 14.7 Å². The van der Waals surface area contributed by atoms with Crippen LogP contribution in [0.2, 0.25) is 0 Å². The number of epoxide rings is 1. The normalized spacial score (nSPS) is 37.8. The van der Waals surface area contributed by atoms with Gasteiger partial charge in [0, 0.05) is 0 Å². The fraction of sp³-hybridized carbons (Fsp3) is 0.714. The summed E-state index contributed by atoms with van der Waals surface area (Å²) in [4.78, 5) is 22.3. The number of amides is 2. The number of imide groups is 1. The van der Waals surface area contributed by atoms with Crippen LogP contribution in [0.5, 0.6) is 0 Å². The molecule has 4 unspecified atom stereocenters. The molecule has 0 aromatic heterocycles. The molecule has 1 aliphatic carbocycles. The second-order valence-electron chi connectivity index (χ2n) is 5.59. The maximum Gasteiger partial charge on any atom is 0.414 e. The summed E-state index contributed by atoms with van der Waals surface area (Å²) in [6, 6.07) is 0. The summed E-state index contributed by atoms with van der Waals surface area (Å²) in [5.41, 5.74) is -1.14. The highest BCUT2D eigenvalue weighted by Crippen LogP contribution is 2.54. The number of alkyl carbamates (subject to hydrolysis) is 1. The largest absolute Gasteiger partial charge is 0.445 e. The maximum absolute atomic E-state index is 11.7. The van der Waals surface area contributed by atoms with Crippen LogP contribution >= 0.6 is 27.5 Å². The van der Waals surface area contributed by atoms with E-state index >= 15 is 0 Å². The zero-order chi connectivity index (χ0) is 16.5. The van der Waals surface area contributed by atoms with Gasteiger partial charge in [-0.25, -0.2) is 4.79 Å².